The molecular weight excluding hydrogens is 572 g/mol. The van der Waals surface area contributed by atoms with E-state index in [-0.39, 0.29) is 25.2 Å². The van der Waals surface area contributed by atoms with E-state index in [9.17, 15) is 14.7 Å². The molecule has 0 aliphatic heterocycles. The number of ether oxygens (including phenoxy) is 2. The molecule has 0 aromatic carbocycles. The highest BCUT2D eigenvalue weighted by molar-refractivity contribution is 5.69. The molecule has 0 spiro atoms. The Morgan fingerprint density at radius 2 is 0.783 bits per heavy atom. The molecule has 46 heavy (non-hydrogen) atoms. The number of carbonyl (C=O) groups excluding carboxylic acids is 2. The van der Waals surface area contributed by atoms with Crippen LogP contribution in [0.4, 0.5) is 0 Å². The Morgan fingerprint density at radius 1 is 0.457 bits per heavy atom. The summed E-state index contributed by atoms with van der Waals surface area (Å²) < 4.78 is 10.3. The number of allylic oxidation sites excluding steroid dienone is 8. The van der Waals surface area contributed by atoms with Crippen LogP contribution in [0.5, 0.6) is 0 Å². The van der Waals surface area contributed by atoms with Gasteiger partial charge in [0.05, 0.1) is 0 Å². The maximum absolute atomic E-state index is 11.9. The van der Waals surface area contributed by atoms with Crippen LogP contribution >= 0.6 is 0 Å². The lowest BCUT2D eigenvalue weighted by molar-refractivity contribution is -0.152. The van der Waals surface area contributed by atoms with Gasteiger partial charge in [-0.05, 0) is 51.4 Å². The van der Waals surface area contributed by atoms with Crippen molar-refractivity contribution < 1.29 is 24.2 Å². The van der Waals surface area contributed by atoms with E-state index in [0.29, 0.717) is 19.3 Å². The molecule has 0 fully saturated rings. The van der Waals surface area contributed by atoms with E-state index >= 15 is 0 Å². The van der Waals surface area contributed by atoms with Crippen molar-refractivity contribution in [3.63, 3.8) is 0 Å². The molecule has 0 radical (unpaired) electrons. The van der Waals surface area contributed by atoms with Crippen LogP contribution in [0.2, 0.25) is 0 Å². The molecule has 0 saturated heterocycles. The van der Waals surface area contributed by atoms with E-state index in [1.165, 1.54) is 103 Å². The van der Waals surface area contributed by atoms with Crippen LogP contribution in [0.3, 0.4) is 0 Å². The Hall–Kier alpha value is -2.14. The second-order valence-corrected chi connectivity index (χ2v) is 12.7. The number of rotatable bonds is 34. The van der Waals surface area contributed by atoms with E-state index in [2.05, 4.69) is 62.5 Å². The number of unbranched alkanes of at least 4 members (excludes halogenated alkanes) is 18. The number of esters is 2. The summed E-state index contributed by atoms with van der Waals surface area (Å²) in [4.78, 5) is 23.9. The van der Waals surface area contributed by atoms with Crippen molar-refractivity contribution in [2.24, 2.45) is 0 Å². The molecule has 0 aliphatic carbocycles. The van der Waals surface area contributed by atoms with Gasteiger partial charge >= 0.3 is 11.9 Å². The lowest BCUT2D eigenvalue weighted by atomic mass is 10.0. The van der Waals surface area contributed by atoms with Gasteiger partial charge in [-0.25, -0.2) is 0 Å². The highest BCUT2D eigenvalue weighted by Crippen LogP contribution is 2.14. The summed E-state index contributed by atoms with van der Waals surface area (Å²) in [6.45, 7) is 4.22. The van der Waals surface area contributed by atoms with Gasteiger partial charge in [0, 0.05) is 12.8 Å². The summed E-state index contributed by atoms with van der Waals surface area (Å²) in [5, 5.41) is 9.99. The van der Waals surface area contributed by atoms with Crippen molar-refractivity contribution in [3.05, 3.63) is 48.6 Å². The molecule has 0 aromatic rings. The number of aliphatic hydroxyl groups excluding tert-OH is 1. The fourth-order valence-corrected chi connectivity index (χ4v) is 5.14. The summed E-state index contributed by atoms with van der Waals surface area (Å²) in [7, 11) is 0. The summed E-state index contributed by atoms with van der Waals surface area (Å²) in [6, 6.07) is 0. The quantitative estimate of drug-likeness (QED) is 0.0429. The first-order valence-corrected chi connectivity index (χ1v) is 19.2. The first-order chi connectivity index (χ1) is 22.6. The minimum atomic E-state index is -0.984. The van der Waals surface area contributed by atoms with E-state index in [1.54, 1.807) is 0 Å². The van der Waals surface area contributed by atoms with E-state index in [1.807, 2.05) is 0 Å². The predicted octanol–water partition coefficient (Wildman–Crippen LogP) is 11.8. The predicted molar refractivity (Wildman–Crippen MR) is 196 cm³/mol. The SMILES string of the molecule is CCCCC/C=C\C/C=C\C/C=C\C/C=C\CCCC(=O)OC[C@H](O)COC(=O)CCCCCCCCCCCCCCCCC. The molecule has 0 aliphatic rings. The normalized spacial score (nSPS) is 12.7. The molecule has 1 N–H and O–H groups in total. The smallest absolute Gasteiger partial charge is 0.305 e. The van der Waals surface area contributed by atoms with Crippen LogP contribution in [0, 0.1) is 0 Å². The standard InChI is InChI=1S/C41H72O5/c1-3-5-7-9-11-13-15-17-19-20-22-24-26-28-30-32-34-36-41(44)46-38-39(42)37-45-40(43)35-33-31-29-27-25-23-21-18-16-14-12-10-8-6-4-2/h11,13,17,19,22,24,28,30,39,42H,3-10,12,14-16,18,20-21,23,25-27,29,31-38H2,1-2H3/b13-11-,19-17-,24-22-,30-28-/t39-/m1/s1. The van der Waals surface area contributed by atoms with Crippen LogP contribution in [0.1, 0.15) is 181 Å². The highest BCUT2D eigenvalue weighted by Gasteiger charge is 2.12. The molecule has 1 atom stereocenters. The highest BCUT2D eigenvalue weighted by atomic mass is 16.6. The Kier molecular flexibility index (Phi) is 35.6. The maximum Gasteiger partial charge on any atom is 0.305 e. The van der Waals surface area contributed by atoms with Gasteiger partial charge in [-0.1, -0.05) is 165 Å². The van der Waals surface area contributed by atoms with Gasteiger partial charge < -0.3 is 14.6 Å². The average molecular weight is 645 g/mol. The third-order valence-electron chi connectivity index (χ3n) is 8.07. The largest absolute Gasteiger partial charge is 0.463 e. The zero-order chi connectivity index (χ0) is 33.6. The molecule has 0 aromatic heterocycles. The lowest BCUT2D eigenvalue weighted by Crippen LogP contribution is -2.25. The van der Waals surface area contributed by atoms with Gasteiger partial charge in [0.1, 0.15) is 19.3 Å². The van der Waals surface area contributed by atoms with Crippen molar-refractivity contribution >= 4 is 11.9 Å². The Labute approximate surface area is 284 Å². The molecule has 0 rings (SSSR count). The molecule has 266 valence electrons. The third kappa shape index (κ3) is 36.3. The molecule has 0 bridgehead atoms. The molecule has 5 heteroatoms. The van der Waals surface area contributed by atoms with Crippen LogP contribution in [0.15, 0.2) is 48.6 Å². The van der Waals surface area contributed by atoms with Crippen LogP contribution < -0.4 is 0 Å². The van der Waals surface area contributed by atoms with Gasteiger partial charge in [0.15, 0.2) is 0 Å². The van der Waals surface area contributed by atoms with Crippen molar-refractivity contribution in [2.45, 2.75) is 187 Å². The van der Waals surface area contributed by atoms with Crippen molar-refractivity contribution in [1.29, 1.82) is 0 Å². The molecule has 0 unspecified atom stereocenters. The summed E-state index contributed by atoms with van der Waals surface area (Å²) in [5.41, 5.74) is 0. The van der Waals surface area contributed by atoms with E-state index in [0.717, 1.165) is 44.9 Å². The fourth-order valence-electron chi connectivity index (χ4n) is 5.14. The zero-order valence-electron chi connectivity index (χ0n) is 30.1. The molecular formula is C41H72O5. The third-order valence-corrected chi connectivity index (χ3v) is 8.07. The summed E-state index contributed by atoms with van der Waals surface area (Å²) in [6.07, 6.45) is 45.9. The molecule has 0 saturated carbocycles. The zero-order valence-corrected chi connectivity index (χ0v) is 30.1. The van der Waals surface area contributed by atoms with E-state index < -0.39 is 6.10 Å². The average Bonchev–Trinajstić information content (AvgIpc) is 3.06. The monoisotopic (exact) mass is 645 g/mol. The Bertz CT molecular complexity index is 782. The van der Waals surface area contributed by atoms with Crippen molar-refractivity contribution in [3.8, 4) is 0 Å². The van der Waals surface area contributed by atoms with Gasteiger partial charge in [0.2, 0.25) is 0 Å². The second-order valence-electron chi connectivity index (χ2n) is 12.7. The maximum atomic E-state index is 11.9. The van der Waals surface area contributed by atoms with Crippen LogP contribution in [-0.4, -0.2) is 36.4 Å². The minimum Gasteiger partial charge on any atom is -0.463 e. The number of hydrogen-bond acceptors (Lipinski definition) is 5. The summed E-state index contributed by atoms with van der Waals surface area (Å²) >= 11 is 0. The van der Waals surface area contributed by atoms with E-state index in [4.69, 9.17) is 9.47 Å². The number of hydrogen-bond donors (Lipinski definition) is 1. The van der Waals surface area contributed by atoms with Gasteiger partial charge in [-0.2, -0.15) is 0 Å². The first-order valence-electron chi connectivity index (χ1n) is 19.2. The minimum absolute atomic E-state index is 0.132. The van der Waals surface area contributed by atoms with Crippen molar-refractivity contribution in [1.82, 2.24) is 0 Å². The second kappa shape index (κ2) is 37.3. The fraction of sp³-hybridized carbons (Fsp3) is 0.756. The Balaban J connectivity index is 3.53. The topological polar surface area (TPSA) is 72.8 Å². The van der Waals surface area contributed by atoms with Gasteiger partial charge in [-0.3, -0.25) is 9.59 Å². The Morgan fingerprint density at radius 3 is 1.22 bits per heavy atom. The van der Waals surface area contributed by atoms with Gasteiger partial charge in [-0.15, -0.1) is 0 Å². The van der Waals surface area contributed by atoms with Crippen molar-refractivity contribution in [2.75, 3.05) is 13.2 Å². The van der Waals surface area contributed by atoms with Gasteiger partial charge in [0.25, 0.3) is 0 Å². The molecule has 0 amide bonds. The first kappa shape index (κ1) is 43.9. The van der Waals surface area contributed by atoms with Crippen LogP contribution in [-0.2, 0) is 19.1 Å². The number of aliphatic hydroxyl groups is 1. The lowest BCUT2D eigenvalue weighted by Gasteiger charge is -2.12. The molecule has 5 nitrogen and oxygen atoms in total. The van der Waals surface area contributed by atoms with Crippen LogP contribution in [0.25, 0.3) is 0 Å². The number of carbonyl (C=O) groups is 2. The molecule has 0 heterocycles. The summed E-state index contributed by atoms with van der Waals surface area (Å²) in [5.74, 6) is -0.627.